The molecule has 1 fully saturated rings. The molecule has 172 valence electrons. The van der Waals surface area contributed by atoms with Gasteiger partial charge in [0, 0.05) is 18.8 Å². The Morgan fingerprint density at radius 3 is 2.50 bits per heavy atom. The molecule has 0 aliphatic carbocycles. The van der Waals surface area contributed by atoms with Crippen molar-refractivity contribution in [3.05, 3.63) is 59.7 Å². The zero-order valence-electron chi connectivity index (χ0n) is 18.1. The molecule has 1 N–H and O–H groups in total. The summed E-state index contributed by atoms with van der Waals surface area (Å²) in [6.45, 7) is 3.53. The van der Waals surface area contributed by atoms with Gasteiger partial charge in [-0.05, 0) is 48.7 Å². The first kappa shape index (κ1) is 23.7. The fourth-order valence-corrected chi connectivity index (χ4v) is 4.34. The molecule has 3 rings (SSSR count). The van der Waals surface area contributed by atoms with Crippen LogP contribution in [0.5, 0.6) is 0 Å². The third kappa shape index (κ3) is 6.54. The second-order valence-corrected chi connectivity index (χ2v) is 9.19. The summed E-state index contributed by atoms with van der Waals surface area (Å²) in [6.07, 6.45) is 3.11. The normalized spacial score (nSPS) is 14.1. The van der Waals surface area contributed by atoms with Crippen LogP contribution in [0.1, 0.15) is 35.7 Å². The summed E-state index contributed by atoms with van der Waals surface area (Å²) in [6, 6.07) is 12.8. The van der Waals surface area contributed by atoms with Crippen molar-refractivity contribution in [3.63, 3.8) is 0 Å². The Morgan fingerprint density at radius 1 is 1.09 bits per heavy atom. The van der Waals surface area contributed by atoms with Crippen LogP contribution in [0.4, 0.5) is 5.69 Å². The number of anilines is 1. The second kappa shape index (κ2) is 11.1. The molecule has 2 aromatic rings. The number of carbonyl (C=O) groups is 2. The molecule has 0 saturated carbocycles. The Morgan fingerprint density at radius 2 is 1.81 bits per heavy atom. The highest BCUT2D eigenvalue weighted by atomic mass is 32.2. The third-order valence-corrected chi connectivity index (χ3v) is 6.47. The van der Waals surface area contributed by atoms with E-state index in [4.69, 9.17) is 9.47 Å². The molecule has 1 aliphatic rings. The maximum absolute atomic E-state index is 12.8. The van der Waals surface area contributed by atoms with E-state index in [1.54, 1.807) is 17.0 Å². The highest BCUT2D eigenvalue weighted by molar-refractivity contribution is 7.92. The summed E-state index contributed by atoms with van der Waals surface area (Å²) in [4.78, 5) is 26.0. The molecule has 0 spiro atoms. The Labute approximate surface area is 188 Å². The number of morpholine rings is 1. The van der Waals surface area contributed by atoms with Gasteiger partial charge in [0.2, 0.25) is 0 Å². The van der Waals surface area contributed by atoms with Crippen molar-refractivity contribution < 1.29 is 27.5 Å². The molecular formula is C23H28N2O6S. The van der Waals surface area contributed by atoms with Gasteiger partial charge in [0.25, 0.3) is 15.9 Å². The van der Waals surface area contributed by atoms with Gasteiger partial charge in [-0.1, -0.05) is 31.5 Å². The summed E-state index contributed by atoms with van der Waals surface area (Å²) in [7, 11) is -3.89. The first-order valence-electron chi connectivity index (χ1n) is 10.6. The van der Waals surface area contributed by atoms with E-state index in [9.17, 15) is 18.0 Å². The van der Waals surface area contributed by atoms with Crippen molar-refractivity contribution in [1.29, 1.82) is 0 Å². The van der Waals surface area contributed by atoms with Crippen LogP contribution < -0.4 is 4.72 Å². The van der Waals surface area contributed by atoms with E-state index < -0.39 is 22.6 Å². The SMILES string of the molecule is CCCCc1ccc(NS(=O)(=O)c2cccc(C(=O)OCC(=O)N3CCOCC3)c2)cc1. The van der Waals surface area contributed by atoms with Crippen LogP contribution in [0.2, 0.25) is 0 Å². The lowest BCUT2D eigenvalue weighted by molar-refractivity contribution is -0.138. The molecule has 1 heterocycles. The van der Waals surface area contributed by atoms with Gasteiger partial charge < -0.3 is 14.4 Å². The number of hydrogen-bond acceptors (Lipinski definition) is 6. The maximum atomic E-state index is 12.8. The monoisotopic (exact) mass is 460 g/mol. The summed E-state index contributed by atoms with van der Waals surface area (Å²) in [5.74, 6) is -1.07. The van der Waals surface area contributed by atoms with Gasteiger partial charge in [0.1, 0.15) is 0 Å². The molecule has 1 amide bonds. The Hall–Kier alpha value is -2.91. The number of hydrogen-bond donors (Lipinski definition) is 1. The number of benzene rings is 2. The van der Waals surface area contributed by atoms with Gasteiger partial charge in [0.05, 0.1) is 23.7 Å². The van der Waals surface area contributed by atoms with E-state index in [2.05, 4.69) is 11.6 Å². The first-order chi connectivity index (χ1) is 15.4. The fraction of sp³-hybridized carbons (Fsp3) is 0.391. The van der Waals surface area contributed by atoms with Crippen LogP contribution in [0.25, 0.3) is 0 Å². The number of rotatable bonds is 9. The van der Waals surface area contributed by atoms with E-state index in [1.165, 1.54) is 24.3 Å². The summed E-state index contributed by atoms with van der Waals surface area (Å²) in [5, 5.41) is 0. The highest BCUT2D eigenvalue weighted by Crippen LogP contribution is 2.19. The van der Waals surface area contributed by atoms with E-state index in [0.29, 0.717) is 32.0 Å². The van der Waals surface area contributed by atoms with E-state index in [0.717, 1.165) is 24.8 Å². The molecule has 32 heavy (non-hydrogen) atoms. The topological polar surface area (TPSA) is 102 Å². The lowest BCUT2D eigenvalue weighted by atomic mass is 10.1. The standard InChI is InChI=1S/C23H28N2O6S/c1-2-3-5-18-8-10-20(11-9-18)24-32(28,29)21-7-4-6-19(16-21)23(27)31-17-22(26)25-12-14-30-15-13-25/h4,6-11,16,24H,2-3,5,12-15,17H2,1H3. The molecule has 8 nitrogen and oxygen atoms in total. The predicted octanol–water partition coefficient (Wildman–Crippen LogP) is 2.85. The number of unbranched alkanes of at least 4 members (excludes halogenated alkanes) is 1. The number of ether oxygens (including phenoxy) is 2. The molecule has 0 radical (unpaired) electrons. The molecule has 0 bridgehead atoms. The number of amides is 1. The van der Waals surface area contributed by atoms with E-state index >= 15 is 0 Å². The van der Waals surface area contributed by atoms with Crippen molar-refractivity contribution in [2.24, 2.45) is 0 Å². The molecule has 9 heteroatoms. The van der Waals surface area contributed by atoms with Gasteiger partial charge in [0.15, 0.2) is 6.61 Å². The summed E-state index contributed by atoms with van der Waals surface area (Å²) in [5.41, 5.74) is 1.64. The zero-order chi connectivity index (χ0) is 23.0. The Balaban J connectivity index is 1.62. The number of nitrogens with zero attached hydrogens (tertiary/aromatic N) is 1. The van der Waals surface area contributed by atoms with Crippen molar-refractivity contribution in [3.8, 4) is 0 Å². The molecule has 0 aromatic heterocycles. The minimum Gasteiger partial charge on any atom is -0.452 e. The quantitative estimate of drug-likeness (QED) is 0.578. The summed E-state index contributed by atoms with van der Waals surface area (Å²) < 4.78 is 38.3. The fourth-order valence-electron chi connectivity index (χ4n) is 3.24. The van der Waals surface area contributed by atoms with Gasteiger partial charge in [-0.3, -0.25) is 9.52 Å². The van der Waals surface area contributed by atoms with Crippen molar-refractivity contribution >= 4 is 27.6 Å². The van der Waals surface area contributed by atoms with Gasteiger partial charge in [-0.2, -0.15) is 0 Å². The van der Waals surface area contributed by atoms with Gasteiger partial charge in [-0.15, -0.1) is 0 Å². The Kier molecular flexibility index (Phi) is 8.24. The molecular weight excluding hydrogens is 432 g/mol. The third-order valence-electron chi connectivity index (χ3n) is 5.10. The van der Waals surface area contributed by atoms with Crippen molar-refractivity contribution in [2.75, 3.05) is 37.6 Å². The van der Waals surface area contributed by atoms with Crippen LogP contribution >= 0.6 is 0 Å². The minimum atomic E-state index is -3.89. The minimum absolute atomic E-state index is 0.0533. The predicted molar refractivity (Wildman–Crippen MR) is 120 cm³/mol. The van der Waals surface area contributed by atoms with E-state index in [-0.39, 0.29) is 16.4 Å². The number of esters is 1. The first-order valence-corrected chi connectivity index (χ1v) is 12.1. The van der Waals surface area contributed by atoms with Crippen molar-refractivity contribution in [2.45, 2.75) is 31.1 Å². The summed E-state index contributed by atoms with van der Waals surface area (Å²) >= 11 is 0. The second-order valence-electron chi connectivity index (χ2n) is 7.50. The van der Waals surface area contributed by atoms with E-state index in [1.807, 2.05) is 12.1 Å². The van der Waals surface area contributed by atoms with Gasteiger partial charge >= 0.3 is 5.97 Å². The average Bonchev–Trinajstić information content (AvgIpc) is 2.82. The molecule has 1 aliphatic heterocycles. The average molecular weight is 461 g/mol. The largest absolute Gasteiger partial charge is 0.452 e. The molecule has 1 saturated heterocycles. The van der Waals surface area contributed by atoms with Crippen LogP contribution in [0, 0.1) is 0 Å². The Bertz CT molecular complexity index is 1030. The highest BCUT2D eigenvalue weighted by Gasteiger charge is 2.20. The number of carbonyl (C=O) groups excluding carboxylic acids is 2. The van der Waals surface area contributed by atoms with Crippen molar-refractivity contribution in [1.82, 2.24) is 4.90 Å². The number of sulfonamides is 1. The van der Waals surface area contributed by atoms with Crippen LogP contribution in [0.3, 0.4) is 0 Å². The van der Waals surface area contributed by atoms with Crippen LogP contribution in [0.15, 0.2) is 53.4 Å². The van der Waals surface area contributed by atoms with Crippen LogP contribution in [-0.4, -0.2) is 58.1 Å². The van der Waals surface area contributed by atoms with Gasteiger partial charge in [-0.25, -0.2) is 13.2 Å². The maximum Gasteiger partial charge on any atom is 0.338 e. The number of nitrogens with one attached hydrogen (secondary N) is 1. The lowest BCUT2D eigenvalue weighted by Gasteiger charge is -2.26. The molecule has 2 aromatic carbocycles. The molecule has 0 unspecified atom stereocenters. The zero-order valence-corrected chi connectivity index (χ0v) is 18.9. The lowest BCUT2D eigenvalue weighted by Crippen LogP contribution is -2.42. The smallest absolute Gasteiger partial charge is 0.338 e. The van der Waals surface area contributed by atoms with Crippen LogP contribution in [-0.2, 0) is 30.7 Å². The molecule has 0 atom stereocenters. The number of aryl methyl sites for hydroxylation is 1.